The van der Waals surface area contributed by atoms with Crippen LogP contribution in [0, 0.1) is 5.41 Å². The number of aliphatic imine (C=N–C) groups is 1. The summed E-state index contributed by atoms with van der Waals surface area (Å²) < 4.78 is 0. The number of aromatic nitrogens is 3. The molecule has 3 aromatic rings. The van der Waals surface area contributed by atoms with Gasteiger partial charge < -0.3 is 11.5 Å². The van der Waals surface area contributed by atoms with E-state index in [1.54, 1.807) is 6.26 Å². The van der Waals surface area contributed by atoms with Gasteiger partial charge in [-0.15, -0.1) is 20.4 Å². The first-order valence-electron chi connectivity index (χ1n) is 7.37. The molecular weight excluding hydrogens is 350 g/mol. The Labute approximate surface area is 155 Å². The molecule has 0 bridgehead atoms. The number of hydrogen-bond donors (Lipinski definition) is 3. The van der Waals surface area contributed by atoms with E-state index in [2.05, 4.69) is 30.4 Å². The highest BCUT2D eigenvalue weighted by molar-refractivity contribution is 8.13. The first-order valence-corrected chi connectivity index (χ1v) is 8.59. The van der Waals surface area contributed by atoms with E-state index in [-0.39, 0.29) is 18.5 Å². The number of hydrogen-bond acceptors (Lipinski definition) is 7. The molecular formula is C16H19N9S. The molecule has 2 aromatic carbocycles. The summed E-state index contributed by atoms with van der Waals surface area (Å²) in [7, 11) is 0. The molecule has 0 atom stereocenters. The Hall–Kier alpha value is -3.40. The van der Waals surface area contributed by atoms with Crippen LogP contribution in [0.25, 0.3) is 11.0 Å². The van der Waals surface area contributed by atoms with Gasteiger partial charge in [0.1, 0.15) is 5.52 Å². The van der Waals surface area contributed by atoms with Crippen LogP contribution in [0.4, 0.5) is 11.6 Å². The maximum atomic E-state index is 7.20. The van der Waals surface area contributed by atoms with E-state index in [1.807, 2.05) is 54.6 Å². The predicted octanol–water partition coefficient (Wildman–Crippen LogP) is 3.24. The lowest BCUT2D eigenvalue weighted by atomic mass is 10.3. The molecule has 3 rings (SSSR count). The molecule has 0 aliphatic heterocycles. The lowest BCUT2D eigenvalue weighted by Gasteiger charge is -1.93. The topological polar surface area (TPSA) is 152 Å². The van der Waals surface area contributed by atoms with Crippen molar-refractivity contribution in [2.24, 2.45) is 21.0 Å². The second-order valence-electron chi connectivity index (χ2n) is 4.67. The number of benzene rings is 2. The normalized spacial score (nSPS) is 11.2. The summed E-state index contributed by atoms with van der Waals surface area (Å²) in [4.78, 5) is 7.97. The number of guanidine groups is 1. The van der Waals surface area contributed by atoms with Gasteiger partial charge in [0.2, 0.25) is 17.1 Å². The van der Waals surface area contributed by atoms with E-state index in [1.165, 1.54) is 11.8 Å². The molecule has 26 heavy (non-hydrogen) atoms. The summed E-state index contributed by atoms with van der Waals surface area (Å²) in [5, 5.41) is 21.9. The van der Waals surface area contributed by atoms with E-state index in [0.29, 0.717) is 5.69 Å². The third kappa shape index (κ3) is 6.24. The number of amidine groups is 1. The van der Waals surface area contributed by atoms with E-state index < -0.39 is 0 Å². The molecule has 0 aliphatic carbocycles. The number of azo groups is 1. The number of fused-ring (bicyclic) bond motifs is 1. The summed E-state index contributed by atoms with van der Waals surface area (Å²) >= 11 is 1.19. The molecule has 134 valence electrons. The third-order valence-corrected chi connectivity index (χ3v) is 3.28. The molecule has 0 saturated carbocycles. The lowest BCUT2D eigenvalue weighted by Crippen LogP contribution is -2.06. The predicted molar refractivity (Wildman–Crippen MR) is 108 cm³/mol. The van der Waals surface area contributed by atoms with Crippen molar-refractivity contribution in [1.82, 2.24) is 15.2 Å². The number of nitrogens with two attached hydrogens (primary N) is 2. The van der Waals surface area contributed by atoms with E-state index in [9.17, 15) is 0 Å². The minimum atomic E-state index is 0. The fourth-order valence-electron chi connectivity index (χ4n) is 1.69. The molecule has 10 heteroatoms. The second-order valence-corrected chi connectivity index (χ2v) is 5.47. The van der Waals surface area contributed by atoms with Gasteiger partial charge in [-0.1, -0.05) is 42.1 Å². The standard InChI is InChI=1S/C9H11N5S.C7H6N4.H2/c1-15-9(11)14-13-8(10)12-7-5-3-2-4-6-7;8-7-9-5-3-1-2-4-6(5)10-11-7;/h2-6,11H,1H3,(H2,10,12);1-4H,(H2,8,9,11);1H/i;;1+1. The summed E-state index contributed by atoms with van der Waals surface area (Å²) in [5.41, 5.74) is 13.1. The Morgan fingerprint density at radius 2 is 1.65 bits per heavy atom. The monoisotopic (exact) mass is 370 g/mol. The molecule has 9 nitrogen and oxygen atoms in total. The third-order valence-electron chi connectivity index (χ3n) is 2.81. The molecule has 0 radical (unpaired) electrons. The minimum absolute atomic E-state index is 0. The number of nitrogens with zero attached hydrogens (tertiary/aromatic N) is 6. The minimum Gasteiger partial charge on any atom is -0.366 e. The van der Waals surface area contributed by atoms with Crippen LogP contribution in [0.5, 0.6) is 0 Å². The molecule has 0 fully saturated rings. The fraction of sp³-hybridized carbons (Fsp3) is 0.0625. The first kappa shape index (κ1) is 18.9. The summed E-state index contributed by atoms with van der Waals surface area (Å²) in [6.07, 6.45) is 1.74. The van der Waals surface area contributed by atoms with Crippen LogP contribution in [0.2, 0.25) is 0 Å². The smallest absolute Gasteiger partial charge is 0.240 e. The van der Waals surface area contributed by atoms with Gasteiger partial charge in [-0.05, 0) is 30.5 Å². The van der Waals surface area contributed by atoms with Crippen LogP contribution >= 0.6 is 11.8 Å². The number of para-hydroxylation sites is 2. The number of thioether (sulfide) groups is 1. The molecule has 1 heterocycles. The Balaban J connectivity index is 0.000000270. The van der Waals surface area contributed by atoms with Crippen molar-refractivity contribution in [2.45, 2.75) is 0 Å². The average molecular weight is 370 g/mol. The van der Waals surface area contributed by atoms with Crippen LogP contribution in [0.15, 0.2) is 69.8 Å². The van der Waals surface area contributed by atoms with Gasteiger partial charge in [0.15, 0.2) is 0 Å². The number of nitrogens with one attached hydrogen (secondary N) is 1. The zero-order valence-corrected chi connectivity index (χ0v) is 14.8. The van der Waals surface area contributed by atoms with Crippen LogP contribution in [0.3, 0.4) is 0 Å². The van der Waals surface area contributed by atoms with E-state index >= 15 is 0 Å². The van der Waals surface area contributed by atoms with Crippen molar-refractivity contribution in [3.63, 3.8) is 0 Å². The Bertz CT molecular complexity index is 931. The maximum Gasteiger partial charge on any atom is 0.240 e. The number of nitrogen functional groups attached to an aromatic ring is 1. The van der Waals surface area contributed by atoms with E-state index in [0.717, 1.165) is 11.0 Å². The Morgan fingerprint density at radius 1 is 1.00 bits per heavy atom. The maximum absolute atomic E-state index is 7.20. The molecule has 0 unspecified atom stereocenters. The Morgan fingerprint density at radius 3 is 2.35 bits per heavy atom. The molecule has 0 amide bonds. The largest absolute Gasteiger partial charge is 0.366 e. The SMILES string of the molecule is CSC(=N)N=NC(N)=Nc1ccccc1.Nc1nnc2ccccc2n1.[2HH]. The van der Waals surface area contributed by atoms with Crippen molar-refractivity contribution >= 4 is 45.6 Å². The van der Waals surface area contributed by atoms with Crippen molar-refractivity contribution < 1.29 is 1.43 Å². The van der Waals surface area contributed by atoms with Gasteiger partial charge in [-0.25, -0.2) is 9.98 Å². The highest BCUT2D eigenvalue weighted by Crippen LogP contribution is 2.09. The summed E-state index contributed by atoms with van der Waals surface area (Å²) in [6.45, 7) is 0. The zero-order chi connectivity index (χ0) is 18.8. The van der Waals surface area contributed by atoms with Gasteiger partial charge in [0, 0.05) is 1.43 Å². The zero-order valence-electron chi connectivity index (χ0n) is 13.9. The van der Waals surface area contributed by atoms with E-state index in [4.69, 9.17) is 16.9 Å². The number of rotatable bonds is 1. The van der Waals surface area contributed by atoms with Gasteiger partial charge in [0.05, 0.1) is 11.2 Å². The number of anilines is 1. The van der Waals surface area contributed by atoms with Crippen LogP contribution in [-0.2, 0) is 0 Å². The molecule has 0 aliphatic rings. The lowest BCUT2D eigenvalue weighted by molar-refractivity contribution is 1.04. The summed E-state index contributed by atoms with van der Waals surface area (Å²) in [6, 6.07) is 16.7. The van der Waals surface area contributed by atoms with Gasteiger partial charge in [-0.2, -0.15) is 0 Å². The highest BCUT2D eigenvalue weighted by atomic mass is 32.2. The first-order chi connectivity index (χ1) is 12.6. The average Bonchev–Trinajstić information content (AvgIpc) is 2.67. The molecule has 1 aromatic heterocycles. The van der Waals surface area contributed by atoms with Crippen molar-refractivity contribution in [3.8, 4) is 0 Å². The second kappa shape index (κ2) is 9.79. The van der Waals surface area contributed by atoms with Crippen LogP contribution < -0.4 is 11.5 Å². The van der Waals surface area contributed by atoms with Crippen molar-refractivity contribution in [3.05, 3.63) is 54.6 Å². The molecule has 0 spiro atoms. The highest BCUT2D eigenvalue weighted by Gasteiger charge is 1.94. The summed E-state index contributed by atoms with van der Waals surface area (Å²) in [5.74, 6) is 0.253. The van der Waals surface area contributed by atoms with Crippen molar-refractivity contribution in [1.29, 1.82) is 5.41 Å². The fourth-order valence-corrected chi connectivity index (χ4v) is 1.81. The van der Waals surface area contributed by atoms with Gasteiger partial charge in [-0.3, -0.25) is 5.41 Å². The quantitative estimate of drug-likeness (QED) is 0.340. The van der Waals surface area contributed by atoms with Gasteiger partial charge >= 0.3 is 0 Å². The molecule has 5 N–H and O–H groups in total. The van der Waals surface area contributed by atoms with Crippen LogP contribution in [-0.4, -0.2) is 32.6 Å². The van der Waals surface area contributed by atoms with Crippen molar-refractivity contribution in [2.75, 3.05) is 12.0 Å². The van der Waals surface area contributed by atoms with Crippen LogP contribution in [0.1, 0.15) is 1.43 Å². The van der Waals surface area contributed by atoms with Gasteiger partial charge in [0.25, 0.3) is 0 Å². The Kier molecular flexibility index (Phi) is 7.13. The molecule has 0 saturated heterocycles.